The molecular formula is C19H20N2O2S2. The highest BCUT2D eigenvalue weighted by Gasteiger charge is 2.32. The van der Waals surface area contributed by atoms with Crippen molar-refractivity contribution < 1.29 is 9.53 Å². The number of aliphatic imine (C=N–C) groups is 1. The Kier molecular flexibility index (Phi) is 5.94. The lowest BCUT2D eigenvalue weighted by Gasteiger charge is -2.14. The predicted molar refractivity (Wildman–Crippen MR) is 107 cm³/mol. The summed E-state index contributed by atoms with van der Waals surface area (Å²) in [5.41, 5.74) is 0.817. The number of nitrogens with zero attached hydrogens (tertiary/aromatic N) is 2. The highest BCUT2D eigenvalue weighted by Crippen LogP contribution is 2.35. The Hall–Kier alpha value is -2.05. The van der Waals surface area contributed by atoms with Crippen molar-refractivity contribution in [1.82, 2.24) is 4.90 Å². The summed E-state index contributed by atoms with van der Waals surface area (Å²) >= 11 is 3.06. The van der Waals surface area contributed by atoms with Gasteiger partial charge >= 0.3 is 0 Å². The molecule has 0 bridgehead atoms. The van der Waals surface area contributed by atoms with Gasteiger partial charge in [-0.25, -0.2) is 4.99 Å². The third kappa shape index (κ3) is 4.32. The fourth-order valence-corrected chi connectivity index (χ4v) is 4.16. The Bertz CT molecular complexity index is 780. The highest BCUT2D eigenvalue weighted by atomic mass is 32.2. The Morgan fingerprint density at radius 2 is 2.00 bits per heavy atom. The van der Waals surface area contributed by atoms with Crippen molar-refractivity contribution in [2.24, 2.45) is 4.99 Å². The van der Waals surface area contributed by atoms with Crippen LogP contribution in [-0.4, -0.2) is 29.1 Å². The third-order valence-electron chi connectivity index (χ3n) is 3.52. The van der Waals surface area contributed by atoms with E-state index in [4.69, 9.17) is 4.74 Å². The first-order chi connectivity index (χ1) is 12.2. The van der Waals surface area contributed by atoms with Crippen LogP contribution in [0, 0.1) is 0 Å². The first-order valence-electron chi connectivity index (χ1n) is 8.27. The summed E-state index contributed by atoms with van der Waals surface area (Å²) in [6.07, 6.45) is 2.84. The fraction of sp³-hybridized carbons (Fsp3) is 0.263. The lowest BCUT2D eigenvalue weighted by Crippen LogP contribution is -2.29. The summed E-state index contributed by atoms with van der Waals surface area (Å²) in [6, 6.07) is 11.6. The molecular weight excluding hydrogens is 352 g/mol. The van der Waals surface area contributed by atoms with Crippen molar-refractivity contribution in [1.29, 1.82) is 0 Å². The molecule has 1 aromatic heterocycles. The first kappa shape index (κ1) is 17.8. The van der Waals surface area contributed by atoms with Gasteiger partial charge in [0.2, 0.25) is 0 Å². The van der Waals surface area contributed by atoms with Crippen LogP contribution < -0.4 is 4.74 Å². The molecule has 4 nitrogen and oxygen atoms in total. The molecule has 130 valence electrons. The number of carbonyl (C=O) groups is 1. The van der Waals surface area contributed by atoms with Crippen LogP contribution in [0.5, 0.6) is 5.75 Å². The second-order valence-corrected chi connectivity index (χ2v) is 7.39. The van der Waals surface area contributed by atoms with E-state index in [9.17, 15) is 4.79 Å². The minimum atomic E-state index is 0.0323. The molecule has 1 aliphatic rings. The van der Waals surface area contributed by atoms with Crippen molar-refractivity contribution in [3.8, 4) is 5.75 Å². The first-order valence-corrected chi connectivity index (χ1v) is 9.97. The van der Waals surface area contributed by atoms with Gasteiger partial charge in [-0.1, -0.05) is 13.0 Å². The van der Waals surface area contributed by atoms with Crippen LogP contribution >= 0.6 is 23.1 Å². The van der Waals surface area contributed by atoms with E-state index in [0.29, 0.717) is 13.2 Å². The van der Waals surface area contributed by atoms with Crippen LogP contribution in [-0.2, 0) is 4.79 Å². The molecule has 0 spiro atoms. The standard InChI is InChI=1S/C19H20N2O2S2/c1-3-11-21-18(22)17(13-16-6-5-12-24-16)25-19(21)20-14-7-9-15(10-8-14)23-4-2/h5-10,12-13H,3-4,11H2,1-2H3. The lowest BCUT2D eigenvalue weighted by molar-refractivity contribution is -0.122. The van der Waals surface area contributed by atoms with Crippen molar-refractivity contribution in [3.05, 3.63) is 51.6 Å². The molecule has 25 heavy (non-hydrogen) atoms. The largest absolute Gasteiger partial charge is 0.494 e. The van der Waals surface area contributed by atoms with Crippen LogP contribution in [0.4, 0.5) is 5.69 Å². The Morgan fingerprint density at radius 3 is 2.64 bits per heavy atom. The zero-order valence-corrected chi connectivity index (χ0v) is 15.9. The molecule has 1 amide bonds. The predicted octanol–water partition coefficient (Wildman–Crippen LogP) is 5.16. The molecule has 0 saturated carbocycles. The summed E-state index contributed by atoms with van der Waals surface area (Å²) in [4.78, 5) is 20.9. The number of hydrogen-bond donors (Lipinski definition) is 0. The zero-order valence-electron chi connectivity index (χ0n) is 14.3. The SMILES string of the molecule is CCCN1C(=O)C(=Cc2cccs2)SC1=Nc1ccc(OCC)cc1. The van der Waals surface area contributed by atoms with Crippen LogP contribution in [0.3, 0.4) is 0 Å². The van der Waals surface area contributed by atoms with Crippen molar-refractivity contribution in [2.45, 2.75) is 20.3 Å². The summed E-state index contributed by atoms with van der Waals surface area (Å²) < 4.78 is 5.46. The second-order valence-electron chi connectivity index (χ2n) is 5.40. The van der Waals surface area contributed by atoms with E-state index in [1.165, 1.54) is 11.8 Å². The van der Waals surface area contributed by atoms with Gasteiger partial charge in [0.1, 0.15) is 5.75 Å². The minimum Gasteiger partial charge on any atom is -0.494 e. The maximum absolute atomic E-state index is 12.7. The number of amidine groups is 1. The molecule has 0 radical (unpaired) electrons. The molecule has 1 aromatic carbocycles. The second kappa shape index (κ2) is 8.36. The third-order valence-corrected chi connectivity index (χ3v) is 5.35. The van der Waals surface area contributed by atoms with E-state index >= 15 is 0 Å². The van der Waals surface area contributed by atoms with E-state index in [0.717, 1.165) is 32.8 Å². The molecule has 6 heteroatoms. The van der Waals surface area contributed by atoms with Crippen LogP contribution in [0.2, 0.25) is 0 Å². The quantitative estimate of drug-likeness (QED) is 0.658. The molecule has 2 aromatic rings. The molecule has 2 heterocycles. The number of ether oxygens (including phenoxy) is 1. The van der Waals surface area contributed by atoms with Crippen LogP contribution in [0.25, 0.3) is 6.08 Å². The Morgan fingerprint density at radius 1 is 1.20 bits per heavy atom. The van der Waals surface area contributed by atoms with Gasteiger partial charge in [-0.05, 0) is 66.9 Å². The number of amides is 1. The molecule has 1 aliphatic heterocycles. The van der Waals surface area contributed by atoms with Crippen molar-refractivity contribution >= 4 is 45.9 Å². The maximum atomic E-state index is 12.7. The van der Waals surface area contributed by atoms with Gasteiger partial charge in [0.05, 0.1) is 17.2 Å². The Labute approximate surface area is 156 Å². The number of thiophene rings is 1. The van der Waals surface area contributed by atoms with E-state index in [1.807, 2.05) is 54.8 Å². The maximum Gasteiger partial charge on any atom is 0.266 e. The Balaban J connectivity index is 1.86. The summed E-state index contributed by atoms with van der Waals surface area (Å²) in [7, 11) is 0. The van der Waals surface area contributed by atoms with E-state index < -0.39 is 0 Å². The molecule has 0 aliphatic carbocycles. The minimum absolute atomic E-state index is 0.0323. The molecule has 3 rings (SSSR count). The van der Waals surface area contributed by atoms with E-state index in [2.05, 4.69) is 11.9 Å². The topological polar surface area (TPSA) is 41.9 Å². The van der Waals surface area contributed by atoms with Gasteiger partial charge in [0, 0.05) is 11.4 Å². The molecule has 1 saturated heterocycles. The molecule has 0 atom stereocenters. The normalized spacial score (nSPS) is 17.7. The number of benzene rings is 1. The van der Waals surface area contributed by atoms with Gasteiger partial charge in [0.25, 0.3) is 5.91 Å². The summed E-state index contributed by atoms with van der Waals surface area (Å²) in [5.74, 6) is 0.857. The fourth-order valence-electron chi connectivity index (χ4n) is 2.41. The lowest BCUT2D eigenvalue weighted by atomic mass is 10.3. The smallest absolute Gasteiger partial charge is 0.266 e. The average molecular weight is 373 g/mol. The number of rotatable bonds is 6. The number of thioether (sulfide) groups is 1. The molecule has 1 fully saturated rings. The number of hydrogen-bond acceptors (Lipinski definition) is 5. The van der Waals surface area contributed by atoms with Gasteiger partial charge in [-0.3, -0.25) is 9.69 Å². The van der Waals surface area contributed by atoms with Crippen LogP contribution in [0.1, 0.15) is 25.1 Å². The summed E-state index contributed by atoms with van der Waals surface area (Å²) in [6.45, 7) is 5.33. The monoisotopic (exact) mass is 372 g/mol. The van der Waals surface area contributed by atoms with Gasteiger partial charge in [-0.15, -0.1) is 11.3 Å². The molecule has 0 N–H and O–H groups in total. The van der Waals surface area contributed by atoms with E-state index in [-0.39, 0.29) is 5.91 Å². The summed E-state index contributed by atoms with van der Waals surface area (Å²) in [5, 5.41) is 2.74. The average Bonchev–Trinajstić information content (AvgIpc) is 3.22. The van der Waals surface area contributed by atoms with Crippen molar-refractivity contribution in [3.63, 3.8) is 0 Å². The zero-order chi connectivity index (χ0) is 17.6. The van der Waals surface area contributed by atoms with Crippen LogP contribution in [0.15, 0.2) is 51.7 Å². The van der Waals surface area contributed by atoms with E-state index in [1.54, 1.807) is 16.2 Å². The highest BCUT2D eigenvalue weighted by molar-refractivity contribution is 8.18. The molecule has 0 unspecified atom stereocenters. The van der Waals surface area contributed by atoms with Gasteiger partial charge in [-0.2, -0.15) is 0 Å². The number of carbonyl (C=O) groups excluding carboxylic acids is 1. The van der Waals surface area contributed by atoms with Gasteiger partial charge < -0.3 is 4.74 Å². The van der Waals surface area contributed by atoms with Crippen molar-refractivity contribution in [2.75, 3.05) is 13.2 Å². The van der Waals surface area contributed by atoms with Gasteiger partial charge in [0.15, 0.2) is 5.17 Å².